The molecule has 0 aromatic heterocycles. The minimum atomic E-state index is -4.51. The third-order valence-electron chi connectivity index (χ3n) is 2.94. The van der Waals surface area contributed by atoms with Crippen molar-refractivity contribution in [3.8, 4) is 0 Å². The Morgan fingerprint density at radius 3 is 2.29 bits per heavy atom. The van der Waals surface area contributed by atoms with Crippen LogP contribution in [0.15, 0.2) is 48.5 Å². The van der Waals surface area contributed by atoms with Crippen LogP contribution in [-0.2, 0) is 15.8 Å². The van der Waals surface area contributed by atoms with Crippen molar-refractivity contribution in [3.05, 3.63) is 59.1 Å². The van der Waals surface area contributed by atoms with Crippen LogP contribution in [0.5, 0.6) is 0 Å². The number of carbonyl (C=O) groups is 2. The van der Waals surface area contributed by atoms with Crippen molar-refractivity contribution >= 4 is 34.8 Å². The van der Waals surface area contributed by atoms with Gasteiger partial charge in [-0.05, 0) is 30.3 Å². The van der Waals surface area contributed by atoms with Gasteiger partial charge in [0.15, 0.2) is 0 Å². The summed E-state index contributed by atoms with van der Waals surface area (Å²) in [4.78, 5) is 23.6. The summed E-state index contributed by atoms with van der Waals surface area (Å²) in [7, 11) is 0. The Labute approximate surface area is 140 Å². The summed E-state index contributed by atoms with van der Waals surface area (Å²) in [5.74, 6) is -1.37. The van der Waals surface area contributed by atoms with Crippen LogP contribution in [0.4, 0.5) is 24.5 Å². The molecule has 0 heterocycles. The van der Waals surface area contributed by atoms with E-state index in [0.29, 0.717) is 10.7 Å². The second-order valence-corrected chi connectivity index (χ2v) is 5.24. The van der Waals surface area contributed by atoms with Crippen LogP contribution in [-0.4, -0.2) is 11.8 Å². The summed E-state index contributed by atoms with van der Waals surface area (Å²) in [5.41, 5.74) is -0.586. The molecule has 0 aliphatic carbocycles. The van der Waals surface area contributed by atoms with Crippen LogP contribution in [0.25, 0.3) is 0 Å². The van der Waals surface area contributed by atoms with Gasteiger partial charge in [-0.15, -0.1) is 0 Å². The minimum Gasteiger partial charge on any atom is -0.326 e. The first-order chi connectivity index (χ1) is 11.3. The normalized spacial score (nSPS) is 11.0. The first-order valence-corrected chi connectivity index (χ1v) is 7.15. The average Bonchev–Trinajstić information content (AvgIpc) is 2.49. The number of nitrogens with one attached hydrogen (secondary N) is 2. The summed E-state index contributed by atoms with van der Waals surface area (Å²) in [6.45, 7) is 0. The first-order valence-electron chi connectivity index (χ1n) is 6.77. The molecule has 0 saturated carbocycles. The van der Waals surface area contributed by atoms with Gasteiger partial charge in [-0.3, -0.25) is 9.59 Å². The summed E-state index contributed by atoms with van der Waals surface area (Å²) >= 11 is 5.87. The number of hydrogen-bond acceptors (Lipinski definition) is 2. The van der Waals surface area contributed by atoms with E-state index in [-0.39, 0.29) is 5.69 Å². The van der Waals surface area contributed by atoms with Gasteiger partial charge in [0.05, 0.1) is 16.3 Å². The van der Waals surface area contributed by atoms with Crippen LogP contribution >= 0.6 is 11.6 Å². The van der Waals surface area contributed by atoms with Gasteiger partial charge < -0.3 is 10.6 Å². The van der Waals surface area contributed by atoms with Gasteiger partial charge in [-0.25, -0.2) is 0 Å². The maximum absolute atomic E-state index is 12.6. The van der Waals surface area contributed by atoms with Crippen molar-refractivity contribution in [2.45, 2.75) is 12.6 Å². The maximum Gasteiger partial charge on any atom is 0.416 e. The Balaban J connectivity index is 1.96. The number of amides is 2. The molecule has 0 aliphatic rings. The number of carbonyl (C=O) groups excluding carboxylic acids is 2. The van der Waals surface area contributed by atoms with Gasteiger partial charge in [0.25, 0.3) is 0 Å². The Morgan fingerprint density at radius 1 is 0.958 bits per heavy atom. The highest BCUT2D eigenvalue weighted by Gasteiger charge is 2.30. The van der Waals surface area contributed by atoms with Crippen molar-refractivity contribution in [2.24, 2.45) is 0 Å². The lowest BCUT2D eigenvalue weighted by atomic mass is 10.2. The molecule has 8 heteroatoms. The van der Waals surface area contributed by atoms with E-state index < -0.39 is 30.0 Å². The molecule has 0 atom stereocenters. The number of para-hydroxylation sites is 1. The van der Waals surface area contributed by atoms with E-state index in [1.807, 2.05) is 0 Å². The molecule has 2 aromatic carbocycles. The zero-order valence-electron chi connectivity index (χ0n) is 12.2. The zero-order chi connectivity index (χ0) is 17.7. The molecule has 2 rings (SSSR count). The van der Waals surface area contributed by atoms with Gasteiger partial charge in [-0.2, -0.15) is 13.2 Å². The van der Waals surface area contributed by atoms with Crippen LogP contribution in [0.2, 0.25) is 5.02 Å². The molecule has 126 valence electrons. The fraction of sp³-hybridized carbons (Fsp3) is 0.125. The average molecular weight is 357 g/mol. The summed E-state index contributed by atoms with van der Waals surface area (Å²) < 4.78 is 37.8. The van der Waals surface area contributed by atoms with Crippen LogP contribution in [0.1, 0.15) is 12.0 Å². The van der Waals surface area contributed by atoms with Gasteiger partial charge in [0.2, 0.25) is 11.8 Å². The molecule has 0 unspecified atom stereocenters. The summed E-state index contributed by atoms with van der Waals surface area (Å²) in [6, 6.07) is 10.6. The van der Waals surface area contributed by atoms with Crippen molar-refractivity contribution in [1.29, 1.82) is 0 Å². The van der Waals surface area contributed by atoms with E-state index in [4.69, 9.17) is 11.6 Å². The van der Waals surface area contributed by atoms with E-state index in [1.165, 1.54) is 12.1 Å². The number of hydrogen-bond donors (Lipinski definition) is 2. The quantitative estimate of drug-likeness (QED) is 0.801. The van der Waals surface area contributed by atoms with E-state index in [9.17, 15) is 22.8 Å². The molecular weight excluding hydrogens is 345 g/mol. The SMILES string of the molecule is O=C(CC(=O)Nc1ccccc1Cl)Nc1cccc(C(F)(F)F)c1. The van der Waals surface area contributed by atoms with E-state index in [0.717, 1.165) is 12.1 Å². The Hall–Kier alpha value is -2.54. The number of anilines is 2. The molecule has 0 fully saturated rings. The molecule has 0 aliphatic heterocycles. The Bertz CT molecular complexity index is 763. The van der Waals surface area contributed by atoms with Gasteiger partial charge in [0, 0.05) is 5.69 Å². The predicted molar refractivity (Wildman–Crippen MR) is 84.8 cm³/mol. The monoisotopic (exact) mass is 356 g/mol. The molecule has 2 aromatic rings. The molecule has 2 N–H and O–H groups in total. The second kappa shape index (κ2) is 7.35. The lowest BCUT2D eigenvalue weighted by molar-refractivity contribution is -0.137. The van der Waals surface area contributed by atoms with Crippen molar-refractivity contribution in [2.75, 3.05) is 10.6 Å². The number of benzene rings is 2. The highest BCUT2D eigenvalue weighted by molar-refractivity contribution is 6.33. The summed E-state index contributed by atoms with van der Waals surface area (Å²) in [6.07, 6.45) is -5.07. The first kappa shape index (κ1) is 17.8. The third-order valence-corrected chi connectivity index (χ3v) is 3.27. The van der Waals surface area contributed by atoms with E-state index in [1.54, 1.807) is 24.3 Å². The number of rotatable bonds is 4. The lowest BCUT2D eigenvalue weighted by Crippen LogP contribution is -2.21. The van der Waals surface area contributed by atoms with Gasteiger partial charge in [0.1, 0.15) is 6.42 Å². The van der Waals surface area contributed by atoms with E-state index in [2.05, 4.69) is 10.6 Å². The Kier molecular flexibility index (Phi) is 5.46. The highest BCUT2D eigenvalue weighted by atomic mass is 35.5. The van der Waals surface area contributed by atoms with Crippen molar-refractivity contribution < 1.29 is 22.8 Å². The maximum atomic E-state index is 12.6. The standard InChI is InChI=1S/C16H12ClF3N2O2/c17-12-6-1-2-7-13(12)22-15(24)9-14(23)21-11-5-3-4-10(8-11)16(18,19)20/h1-8H,9H2,(H,21,23)(H,22,24). The Morgan fingerprint density at radius 2 is 1.62 bits per heavy atom. The predicted octanol–water partition coefficient (Wildman–Crippen LogP) is 4.33. The molecule has 2 amide bonds. The lowest BCUT2D eigenvalue weighted by Gasteiger charge is -2.10. The fourth-order valence-corrected chi connectivity index (χ4v) is 2.06. The van der Waals surface area contributed by atoms with Gasteiger partial charge in [-0.1, -0.05) is 29.8 Å². The smallest absolute Gasteiger partial charge is 0.326 e. The molecule has 0 spiro atoms. The van der Waals surface area contributed by atoms with Gasteiger partial charge >= 0.3 is 6.18 Å². The minimum absolute atomic E-state index is 0.0413. The summed E-state index contributed by atoms with van der Waals surface area (Å²) in [5, 5.41) is 5.01. The van der Waals surface area contributed by atoms with E-state index >= 15 is 0 Å². The van der Waals surface area contributed by atoms with Crippen LogP contribution < -0.4 is 10.6 Å². The van der Waals surface area contributed by atoms with Crippen LogP contribution in [0, 0.1) is 0 Å². The van der Waals surface area contributed by atoms with Crippen molar-refractivity contribution in [1.82, 2.24) is 0 Å². The number of halogens is 4. The third kappa shape index (κ3) is 4.99. The molecule has 0 radical (unpaired) electrons. The zero-order valence-corrected chi connectivity index (χ0v) is 12.9. The van der Waals surface area contributed by atoms with Crippen molar-refractivity contribution in [3.63, 3.8) is 0 Å². The second-order valence-electron chi connectivity index (χ2n) is 4.83. The molecule has 0 bridgehead atoms. The fourth-order valence-electron chi connectivity index (χ4n) is 1.88. The molecule has 0 saturated heterocycles. The molecule has 4 nitrogen and oxygen atoms in total. The van der Waals surface area contributed by atoms with Crippen LogP contribution in [0.3, 0.4) is 0 Å². The highest BCUT2D eigenvalue weighted by Crippen LogP contribution is 2.30. The molecule has 24 heavy (non-hydrogen) atoms. The molecular formula is C16H12ClF3N2O2. The topological polar surface area (TPSA) is 58.2 Å². The number of alkyl halides is 3. The largest absolute Gasteiger partial charge is 0.416 e.